The Hall–Kier alpha value is -1.71. The number of rotatable bonds is 5. The maximum atomic E-state index is 12.6. The van der Waals surface area contributed by atoms with Gasteiger partial charge >= 0.3 is 0 Å². The fraction of sp³-hybridized carbons (Fsp3) is 0.350. The molecule has 0 unspecified atom stereocenters. The molecule has 1 saturated carbocycles. The molecule has 0 aromatic heterocycles. The van der Waals surface area contributed by atoms with Crippen LogP contribution in [0.25, 0.3) is 0 Å². The molecule has 5 heteroatoms. The van der Waals surface area contributed by atoms with Gasteiger partial charge in [-0.05, 0) is 48.7 Å². The summed E-state index contributed by atoms with van der Waals surface area (Å²) in [6.07, 6.45) is 4.45. The highest BCUT2D eigenvalue weighted by Crippen LogP contribution is 2.41. The first-order valence-electron chi connectivity index (χ1n) is 8.42. The van der Waals surface area contributed by atoms with Crippen LogP contribution >= 0.6 is 23.2 Å². The van der Waals surface area contributed by atoms with Crippen molar-refractivity contribution in [3.05, 3.63) is 63.6 Å². The minimum atomic E-state index is -0.188. The van der Waals surface area contributed by atoms with Gasteiger partial charge in [-0.1, -0.05) is 48.2 Å². The second kappa shape index (κ2) is 7.67. The Balaban J connectivity index is 1.78. The van der Waals surface area contributed by atoms with E-state index in [-0.39, 0.29) is 11.3 Å². The standard InChI is InChI=1S/C20H21Cl2NO2/c1-25-16-7-4-14(5-8-16)20(10-2-3-11-20)13-23-19(24)17-12-15(21)6-9-18(17)22/h4-9,12H,2-3,10-11,13H2,1H3,(H,23,24). The normalized spacial score (nSPS) is 15.8. The molecule has 3 nitrogen and oxygen atoms in total. The van der Waals surface area contributed by atoms with Crippen LogP contribution in [-0.2, 0) is 5.41 Å². The van der Waals surface area contributed by atoms with Gasteiger partial charge in [-0.3, -0.25) is 4.79 Å². The van der Waals surface area contributed by atoms with Crippen molar-refractivity contribution in [2.75, 3.05) is 13.7 Å². The van der Waals surface area contributed by atoms with E-state index in [1.54, 1.807) is 25.3 Å². The lowest BCUT2D eigenvalue weighted by molar-refractivity contribution is 0.0943. The Labute approximate surface area is 158 Å². The molecule has 0 heterocycles. The minimum absolute atomic E-state index is 0.0347. The van der Waals surface area contributed by atoms with Crippen LogP contribution in [0.4, 0.5) is 0 Å². The molecule has 1 amide bonds. The monoisotopic (exact) mass is 377 g/mol. The van der Waals surface area contributed by atoms with E-state index in [2.05, 4.69) is 17.4 Å². The van der Waals surface area contributed by atoms with Gasteiger partial charge in [-0.2, -0.15) is 0 Å². The number of hydrogen-bond donors (Lipinski definition) is 1. The highest BCUT2D eigenvalue weighted by Gasteiger charge is 2.36. The Morgan fingerprint density at radius 2 is 1.80 bits per heavy atom. The summed E-state index contributed by atoms with van der Waals surface area (Å²) in [5, 5.41) is 3.97. The van der Waals surface area contributed by atoms with Crippen molar-refractivity contribution >= 4 is 29.1 Å². The van der Waals surface area contributed by atoms with Gasteiger partial charge in [0, 0.05) is 17.0 Å². The molecule has 0 aliphatic heterocycles. The Kier molecular flexibility index (Phi) is 5.55. The summed E-state index contributed by atoms with van der Waals surface area (Å²) in [6, 6.07) is 13.1. The summed E-state index contributed by atoms with van der Waals surface area (Å²) in [5.74, 6) is 0.652. The average Bonchev–Trinajstić information content (AvgIpc) is 3.12. The number of hydrogen-bond acceptors (Lipinski definition) is 2. The number of carbonyl (C=O) groups is 1. The quantitative estimate of drug-likeness (QED) is 0.772. The molecular weight excluding hydrogens is 357 g/mol. The molecule has 0 radical (unpaired) electrons. The summed E-state index contributed by atoms with van der Waals surface area (Å²) in [5.41, 5.74) is 1.62. The largest absolute Gasteiger partial charge is 0.497 e. The second-order valence-electron chi connectivity index (χ2n) is 6.52. The number of halogens is 2. The maximum absolute atomic E-state index is 12.6. The summed E-state index contributed by atoms with van der Waals surface area (Å²) < 4.78 is 5.25. The number of methoxy groups -OCH3 is 1. The molecule has 1 fully saturated rings. The van der Waals surface area contributed by atoms with Crippen LogP contribution < -0.4 is 10.1 Å². The van der Waals surface area contributed by atoms with E-state index in [0.717, 1.165) is 18.6 Å². The van der Waals surface area contributed by atoms with Crippen LogP contribution in [-0.4, -0.2) is 19.6 Å². The van der Waals surface area contributed by atoms with Crippen molar-refractivity contribution in [3.8, 4) is 5.75 Å². The van der Waals surface area contributed by atoms with E-state index in [0.29, 0.717) is 22.2 Å². The third-order valence-electron chi connectivity index (χ3n) is 5.02. The van der Waals surface area contributed by atoms with Crippen LogP contribution in [0.5, 0.6) is 5.75 Å². The SMILES string of the molecule is COc1ccc(C2(CNC(=O)c3cc(Cl)ccc3Cl)CCCC2)cc1. The fourth-order valence-corrected chi connectivity index (χ4v) is 3.96. The van der Waals surface area contributed by atoms with Crippen LogP contribution in [0.15, 0.2) is 42.5 Å². The minimum Gasteiger partial charge on any atom is -0.497 e. The van der Waals surface area contributed by atoms with Crippen LogP contribution in [0.1, 0.15) is 41.6 Å². The van der Waals surface area contributed by atoms with E-state index in [1.807, 2.05) is 12.1 Å². The van der Waals surface area contributed by atoms with Gasteiger partial charge in [-0.15, -0.1) is 0 Å². The predicted octanol–water partition coefficient (Wildman–Crippen LogP) is 5.24. The van der Waals surface area contributed by atoms with Gasteiger partial charge in [-0.25, -0.2) is 0 Å². The lowest BCUT2D eigenvalue weighted by atomic mass is 9.78. The summed E-state index contributed by atoms with van der Waals surface area (Å²) in [7, 11) is 1.66. The summed E-state index contributed by atoms with van der Waals surface area (Å²) in [6.45, 7) is 0.584. The van der Waals surface area contributed by atoms with Crippen LogP contribution in [0.3, 0.4) is 0 Å². The van der Waals surface area contributed by atoms with Crippen molar-refractivity contribution in [1.29, 1.82) is 0 Å². The van der Waals surface area contributed by atoms with Gasteiger partial charge in [0.25, 0.3) is 5.91 Å². The first-order chi connectivity index (χ1) is 12.0. The molecule has 0 spiro atoms. The Morgan fingerprint density at radius 3 is 2.44 bits per heavy atom. The lowest BCUT2D eigenvalue weighted by Crippen LogP contribution is -2.39. The number of amides is 1. The zero-order chi connectivity index (χ0) is 17.9. The van der Waals surface area contributed by atoms with Crippen molar-refractivity contribution < 1.29 is 9.53 Å². The molecule has 0 saturated heterocycles. The van der Waals surface area contributed by atoms with E-state index in [9.17, 15) is 4.79 Å². The third-order valence-corrected chi connectivity index (χ3v) is 5.59. The van der Waals surface area contributed by atoms with Crippen molar-refractivity contribution in [3.63, 3.8) is 0 Å². The molecule has 1 aliphatic rings. The smallest absolute Gasteiger partial charge is 0.252 e. The van der Waals surface area contributed by atoms with Crippen molar-refractivity contribution in [2.24, 2.45) is 0 Å². The van der Waals surface area contributed by atoms with Crippen molar-refractivity contribution in [2.45, 2.75) is 31.1 Å². The predicted molar refractivity (Wildman–Crippen MR) is 102 cm³/mol. The third kappa shape index (κ3) is 3.94. The van der Waals surface area contributed by atoms with Crippen LogP contribution in [0.2, 0.25) is 10.0 Å². The van der Waals surface area contributed by atoms with E-state index >= 15 is 0 Å². The zero-order valence-corrected chi connectivity index (χ0v) is 15.7. The number of ether oxygens (including phenoxy) is 1. The number of nitrogens with one attached hydrogen (secondary N) is 1. The highest BCUT2D eigenvalue weighted by atomic mass is 35.5. The van der Waals surface area contributed by atoms with Gasteiger partial charge in [0.15, 0.2) is 0 Å². The Bertz CT molecular complexity index is 753. The van der Waals surface area contributed by atoms with E-state index in [1.165, 1.54) is 18.4 Å². The topological polar surface area (TPSA) is 38.3 Å². The van der Waals surface area contributed by atoms with Crippen molar-refractivity contribution in [1.82, 2.24) is 5.32 Å². The second-order valence-corrected chi connectivity index (χ2v) is 7.37. The molecule has 1 aliphatic carbocycles. The number of carbonyl (C=O) groups excluding carboxylic acids is 1. The lowest BCUT2D eigenvalue weighted by Gasteiger charge is -2.30. The molecule has 132 valence electrons. The zero-order valence-electron chi connectivity index (χ0n) is 14.1. The molecule has 25 heavy (non-hydrogen) atoms. The molecule has 0 atom stereocenters. The number of benzene rings is 2. The molecule has 2 aromatic carbocycles. The first-order valence-corrected chi connectivity index (χ1v) is 9.17. The van der Waals surface area contributed by atoms with Gasteiger partial charge in [0.2, 0.25) is 0 Å². The van der Waals surface area contributed by atoms with E-state index < -0.39 is 0 Å². The van der Waals surface area contributed by atoms with Crippen LogP contribution in [0, 0.1) is 0 Å². The van der Waals surface area contributed by atoms with E-state index in [4.69, 9.17) is 27.9 Å². The van der Waals surface area contributed by atoms with Gasteiger partial charge in [0.05, 0.1) is 17.7 Å². The molecule has 3 rings (SSSR count). The molecule has 2 aromatic rings. The molecule has 0 bridgehead atoms. The highest BCUT2D eigenvalue weighted by molar-refractivity contribution is 6.35. The average molecular weight is 378 g/mol. The molecular formula is C20H21Cl2NO2. The molecule has 1 N–H and O–H groups in total. The first kappa shape index (κ1) is 18.1. The maximum Gasteiger partial charge on any atom is 0.252 e. The van der Waals surface area contributed by atoms with Gasteiger partial charge in [0.1, 0.15) is 5.75 Å². The van der Waals surface area contributed by atoms with Gasteiger partial charge < -0.3 is 10.1 Å². The fourth-order valence-electron chi connectivity index (χ4n) is 3.58. The Morgan fingerprint density at radius 1 is 1.12 bits per heavy atom. The summed E-state index contributed by atoms with van der Waals surface area (Å²) in [4.78, 5) is 12.6. The summed E-state index contributed by atoms with van der Waals surface area (Å²) >= 11 is 12.1.